The average molecular weight is 303 g/mol. The molecule has 1 amide bonds. The van der Waals surface area contributed by atoms with E-state index in [0.717, 1.165) is 0 Å². The molecule has 116 valence electrons. The molecule has 0 saturated carbocycles. The maximum Gasteiger partial charge on any atom is 0.272 e. The van der Waals surface area contributed by atoms with Gasteiger partial charge in [-0.05, 0) is 19.9 Å². The van der Waals surface area contributed by atoms with Gasteiger partial charge in [0.2, 0.25) is 5.95 Å². The Balaban J connectivity index is 1.81. The summed E-state index contributed by atoms with van der Waals surface area (Å²) in [5.41, 5.74) is 1.06. The lowest BCUT2D eigenvalue weighted by Crippen LogP contribution is -2.41. The molecule has 8 nitrogen and oxygen atoms in total. The second kappa shape index (κ2) is 6.10. The minimum absolute atomic E-state index is 0.117. The van der Waals surface area contributed by atoms with Crippen LogP contribution >= 0.6 is 0 Å². The van der Waals surface area contributed by atoms with Gasteiger partial charge in [-0.2, -0.15) is 0 Å². The molecule has 22 heavy (non-hydrogen) atoms. The number of rotatable bonds is 3. The first-order chi connectivity index (χ1) is 10.6. The Morgan fingerprint density at radius 1 is 1.23 bits per heavy atom. The Kier molecular flexibility index (Phi) is 4.01. The molecule has 0 radical (unpaired) electrons. The summed E-state index contributed by atoms with van der Waals surface area (Å²) >= 11 is 0. The fraction of sp³-hybridized carbons (Fsp3) is 0.429. The topological polar surface area (TPSA) is 93.4 Å². The number of nitrogens with one attached hydrogen (secondary N) is 1. The van der Waals surface area contributed by atoms with E-state index < -0.39 is 0 Å². The smallest absolute Gasteiger partial charge is 0.272 e. The molecule has 3 heterocycles. The summed E-state index contributed by atoms with van der Waals surface area (Å²) in [7, 11) is 0. The van der Waals surface area contributed by atoms with Gasteiger partial charge >= 0.3 is 0 Å². The van der Waals surface area contributed by atoms with Crippen LogP contribution in [-0.2, 0) is 4.74 Å². The molecule has 1 N–H and O–H groups in total. The highest BCUT2D eigenvalue weighted by Crippen LogP contribution is 2.15. The van der Waals surface area contributed by atoms with Gasteiger partial charge in [-0.25, -0.2) is 9.97 Å². The highest BCUT2D eigenvalue weighted by atomic mass is 16.5. The van der Waals surface area contributed by atoms with Crippen LogP contribution in [0.15, 0.2) is 16.7 Å². The lowest BCUT2D eigenvalue weighted by Gasteiger charge is -2.26. The van der Waals surface area contributed by atoms with Gasteiger partial charge < -0.3 is 19.5 Å². The Morgan fingerprint density at radius 3 is 2.68 bits per heavy atom. The Bertz CT molecular complexity index is 679. The lowest BCUT2D eigenvalue weighted by molar-refractivity contribution is 0.0299. The quantitative estimate of drug-likeness (QED) is 0.913. The SMILES string of the molecule is Cc1cc(C(=O)N2CCOCC2)nc(Nc2cc(C)on2)n1. The maximum atomic E-state index is 12.5. The zero-order chi connectivity index (χ0) is 15.5. The number of morpholine rings is 1. The fourth-order valence-electron chi connectivity index (χ4n) is 2.20. The first-order valence-electron chi connectivity index (χ1n) is 7.05. The van der Waals surface area contributed by atoms with Crippen molar-refractivity contribution < 1.29 is 14.1 Å². The summed E-state index contributed by atoms with van der Waals surface area (Å²) in [6.45, 7) is 5.87. The fourth-order valence-corrected chi connectivity index (χ4v) is 2.20. The zero-order valence-electron chi connectivity index (χ0n) is 12.5. The Hall–Kier alpha value is -2.48. The van der Waals surface area contributed by atoms with E-state index in [9.17, 15) is 4.79 Å². The number of nitrogens with zero attached hydrogens (tertiary/aromatic N) is 4. The van der Waals surface area contributed by atoms with E-state index in [1.165, 1.54) is 0 Å². The molecule has 2 aromatic rings. The van der Waals surface area contributed by atoms with Crippen LogP contribution in [-0.4, -0.2) is 52.2 Å². The third-order valence-corrected chi connectivity index (χ3v) is 3.24. The van der Waals surface area contributed by atoms with Crippen molar-refractivity contribution in [3.05, 3.63) is 29.3 Å². The minimum Gasteiger partial charge on any atom is -0.378 e. The van der Waals surface area contributed by atoms with Gasteiger partial charge in [-0.1, -0.05) is 5.16 Å². The van der Waals surface area contributed by atoms with Gasteiger partial charge in [-0.3, -0.25) is 4.79 Å². The highest BCUT2D eigenvalue weighted by molar-refractivity contribution is 5.92. The molecule has 0 unspecified atom stereocenters. The van der Waals surface area contributed by atoms with Crippen LogP contribution in [0.25, 0.3) is 0 Å². The molecule has 8 heteroatoms. The first kappa shape index (κ1) is 14.5. The van der Waals surface area contributed by atoms with Crippen molar-refractivity contribution in [1.82, 2.24) is 20.0 Å². The van der Waals surface area contributed by atoms with E-state index in [4.69, 9.17) is 9.26 Å². The average Bonchev–Trinajstić information content (AvgIpc) is 2.92. The number of aromatic nitrogens is 3. The number of ether oxygens (including phenoxy) is 1. The lowest BCUT2D eigenvalue weighted by atomic mass is 10.3. The van der Waals surface area contributed by atoms with Crippen LogP contribution in [0.4, 0.5) is 11.8 Å². The molecule has 0 aromatic carbocycles. The molecule has 0 bridgehead atoms. The normalized spacial score (nSPS) is 14.9. The molecule has 1 fully saturated rings. The number of hydrogen-bond acceptors (Lipinski definition) is 7. The van der Waals surface area contributed by atoms with Crippen LogP contribution in [0.1, 0.15) is 21.9 Å². The number of carbonyl (C=O) groups is 1. The molecule has 0 atom stereocenters. The van der Waals surface area contributed by atoms with Crippen molar-refractivity contribution in [3.8, 4) is 0 Å². The number of amides is 1. The number of aryl methyl sites for hydroxylation is 2. The van der Waals surface area contributed by atoms with Crippen molar-refractivity contribution >= 4 is 17.7 Å². The van der Waals surface area contributed by atoms with Crippen molar-refractivity contribution in [2.24, 2.45) is 0 Å². The monoisotopic (exact) mass is 303 g/mol. The van der Waals surface area contributed by atoms with Crippen LogP contribution in [0.3, 0.4) is 0 Å². The van der Waals surface area contributed by atoms with E-state index in [0.29, 0.717) is 55.2 Å². The van der Waals surface area contributed by atoms with Crippen molar-refractivity contribution in [2.45, 2.75) is 13.8 Å². The molecular weight excluding hydrogens is 286 g/mol. The van der Waals surface area contributed by atoms with Crippen LogP contribution in [0, 0.1) is 13.8 Å². The Morgan fingerprint density at radius 2 is 2.00 bits per heavy atom. The summed E-state index contributed by atoms with van der Waals surface area (Å²) in [6, 6.07) is 3.41. The van der Waals surface area contributed by atoms with E-state index in [1.54, 1.807) is 24.0 Å². The van der Waals surface area contributed by atoms with E-state index >= 15 is 0 Å². The second-order valence-corrected chi connectivity index (χ2v) is 5.07. The van der Waals surface area contributed by atoms with Gasteiger partial charge in [0.1, 0.15) is 11.5 Å². The standard InChI is InChI=1S/C14H17N5O3/c1-9-7-11(13(20)19-3-5-21-6-4-19)16-14(15-9)17-12-8-10(2)22-18-12/h7-8H,3-6H2,1-2H3,(H,15,16,17,18). The van der Waals surface area contributed by atoms with Crippen molar-refractivity contribution in [3.63, 3.8) is 0 Å². The predicted molar refractivity (Wildman–Crippen MR) is 78.0 cm³/mol. The van der Waals surface area contributed by atoms with E-state index in [-0.39, 0.29) is 5.91 Å². The van der Waals surface area contributed by atoms with Gasteiger partial charge in [0.15, 0.2) is 5.82 Å². The molecule has 0 spiro atoms. The summed E-state index contributed by atoms with van der Waals surface area (Å²) in [5, 5.41) is 6.77. The summed E-state index contributed by atoms with van der Waals surface area (Å²) < 4.78 is 10.2. The summed E-state index contributed by atoms with van der Waals surface area (Å²) in [6.07, 6.45) is 0. The molecule has 2 aromatic heterocycles. The predicted octanol–water partition coefficient (Wildman–Crippen LogP) is 1.30. The largest absolute Gasteiger partial charge is 0.378 e. The van der Waals surface area contributed by atoms with Crippen LogP contribution in [0.5, 0.6) is 0 Å². The third-order valence-electron chi connectivity index (χ3n) is 3.24. The number of hydrogen-bond donors (Lipinski definition) is 1. The van der Waals surface area contributed by atoms with Crippen molar-refractivity contribution in [1.29, 1.82) is 0 Å². The summed E-state index contributed by atoms with van der Waals surface area (Å²) in [5.74, 6) is 1.39. The van der Waals surface area contributed by atoms with Crippen LogP contribution in [0.2, 0.25) is 0 Å². The van der Waals surface area contributed by atoms with Gasteiger partial charge in [0, 0.05) is 24.8 Å². The van der Waals surface area contributed by atoms with Gasteiger partial charge in [0.25, 0.3) is 5.91 Å². The number of carbonyl (C=O) groups excluding carboxylic acids is 1. The van der Waals surface area contributed by atoms with E-state index in [1.807, 2.05) is 6.92 Å². The van der Waals surface area contributed by atoms with Gasteiger partial charge in [-0.15, -0.1) is 0 Å². The van der Waals surface area contributed by atoms with Crippen LogP contribution < -0.4 is 5.32 Å². The zero-order valence-corrected chi connectivity index (χ0v) is 12.5. The third kappa shape index (κ3) is 3.22. The molecule has 1 aliphatic heterocycles. The molecule has 1 saturated heterocycles. The molecule has 0 aliphatic carbocycles. The minimum atomic E-state index is -0.117. The maximum absolute atomic E-state index is 12.5. The van der Waals surface area contributed by atoms with Gasteiger partial charge in [0.05, 0.1) is 13.2 Å². The second-order valence-electron chi connectivity index (χ2n) is 5.07. The molecule has 3 rings (SSSR count). The van der Waals surface area contributed by atoms with E-state index in [2.05, 4.69) is 20.4 Å². The highest BCUT2D eigenvalue weighted by Gasteiger charge is 2.20. The van der Waals surface area contributed by atoms with Crippen molar-refractivity contribution in [2.75, 3.05) is 31.6 Å². The first-order valence-corrected chi connectivity index (χ1v) is 7.05. The number of anilines is 2. The summed E-state index contributed by atoms with van der Waals surface area (Å²) in [4.78, 5) is 22.8. The molecule has 1 aliphatic rings. The Labute approximate surface area is 127 Å². The molecular formula is C14H17N5O3.